The lowest BCUT2D eigenvalue weighted by Crippen LogP contribution is -2.33. The monoisotopic (exact) mass is 468 g/mol. The van der Waals surface area contributed by atoms with Crippen molar-refractivity contribution in [1.82, 2.24) is 9.36 Å². The summed E-state index contributed by atoms with van der Waals surface area (Å²) in [5.74, 6) is -0.367. The molecule has 1 amide bonds. The van der Waals surface area contributed by atoms with Crippen LogP contribution >= 0.6 is 27.7 Å². The van der Waals surface area contributed by atoms with E-state index in [9.17, 15) is 9.59 Å². The van der Waals surface area contributed by atoms with Gasteiger partial charge in [-0.1, -0.05) is 46.3 Å². The number of halogens is 1. The third kappa shape index (κ3) is 3.38. The molecule has 0 unspecified atom stereocenters. The molecule has 1 aromatic heterocycles. The van der Waals surface area contributed by atoms with Crippen molar-refractivity contribution in [2.24, 2.45) is 7.05 Å². The van der Waals surface area contributed by atoms with Crippen molar-refractivity contribution in [3.05, 3.63) is 85.6 Å². The van der Waals surface area contributed by atoms with E-state index in [1.807, 2.05) is 54.6 Å². The number of nitrogens with one attached hydrogen (secondary N) is 1. The van der Waals surface area contributed by atoms with E-state index in [0.29, 0.717) is 16.3 Å². The molecule has 2 aromatic carbocycles. The van der Waals surface area contributed by atoms with Crippen molar-refractivity contribution < 1.29 is 4.79 Å². The fourth-order valence-corrected chi connectivity index (χ4v) is 4.32. The van der Waals surface area contributed by atoms with E-state index in [4.69, 9.17) is 5.41 Å². The molecule has 1 fully saturated rings. The van der Waals surface area contributed by atoms with E-state index in [2.05, 4.69) is 15.9 Å². The van der Waals surface area contributed by atoms with Crippen molar-refractivity contribution in [3.63, 3.8) is 0 Å². The average molecular weight is 469 g/mol. The number of benzene rings is 2. The molecule has 0 saturated carbocycles. The fourth-order valence-electron chi connectivity index (χ4n) is 3.21. The van der Waals surface area contributed by atoms with Crippen LogP contribution in [0.4, 0.5) is 5.69 Å². The lowest BCUT2D eigenvalue weighted by atomic mass is 10.2. The Morgan fingerprint density at radius 1 is 1.03 bits per heavy atom. The smallest absolute Gasteiger partial charge is 0.283 e. The van der Waals surface area contributed by atoms with Crippen LogP contribution in [0.25, 0.3) is 11.8 Å². The van der Waals surface area contributed by atoms with Crippen LogP contribution in [-0.2, 0) is 11.8 Å². The number of aromatic nitrogens is 2. The quantitative estimate of drug-likeness (QED) is 0.582. The van der Waals surface area contributed by atoms with Crippen LogP contribution in [0.5, 0.6) is 0 Å². The number of amidine groups is 1. The van der Waals surface area contributed by atoms with E-state index < -0.39 is 0 Å². The number of hydrogen-bond donors (Lipinski definition) is 1. The van der Waals surface area contributed by atoms with Gasteiger partial charge in [-0.25, -0.2) is 9.58 Å². The molecular weight excluding hydrogens is 452 g/mol. The Morgan fingerprint density at radius 2 is 1.69 bits per heavy atom. The number of amides is 1. The van der Waals surface area contributed by atoms with Crippen molar-refractivity contribution in [2.45, 2.75) is 6.92 Å². The molecule has 0 bridgehead atoms. The molecule has 2 heterocycles. The molecule has 1 N–H and O–H groups in total. The summed E-state index contributed by atoms with van der Waals surface area (Å²) in [6, 6.07) is 16.8. The standard InChI is InChI=1S/C21H17BrN4O2S/c1-13-18(20(28)26(24(13)2)16-6-4-3-5-7-16)25-19(27)17(29-21(25)23)12-14-8-10-15(22)11-9-14/h3-12,23H,1-2H3/b17-12-,23-21?. The highest BCUT2D eigenvalue weighted by atomic mass is 79.9. The Labute approximate surface area is 180 Å². The number of para-hydroxylation sites is 1. The van der Waals surface area contributed by atoms with Crippen LogP contribution < -0.4 is 10.5 Å². The fraction of sp³-hybridized carbons (Fsp3) is 0.0952. The molecule has 1 saturated heterocycles. The molecule has 0 radical (unpaired) electrons. The zero-order chi connectivity index (χ0) is 20.7. The summed E-state index contributed by atoms with van der Waals surface area (Å²) in [4.78, 5) is 27.9. The van der Waals surface area contributed by atoms with Gasteiger partial charge in [-0.15, -0.1) is 0 Å². The second kappa shape index (κ2) is 7.53. The lowest BCUT2D eigenvalue weighted by Gasteiger charge is -2.12. The summed E-state index contributed by atoms with van der Waals surface area (Å²) in [5, 5.41) is 8.36. The van der Waals surface area contributed by atoms with Crippen LogP contribution in [0.3, 0.4) is 0 Å². The molecule has 3 aromatic rings. The number of rotatable bonds is 3. The number of hydrogen-bond acceptors (Lipinski definition) is 4. The van der Waals surface area contributed by atoms with Crippen LogP contribution in [0.1, 0.15) is 11.3 Å². The predicted molar refractivity (Wildman–Crippen MR) is 121 cm³/mol. The van der Waals surface area contributed by atoms with E-state index in [0.717, 1.165) is 21.8 Å². The Morgan fingerprint density at radius 3 is 2.34 bits per heavy atom. The first-order valence-corrected chi connectivity index (χ1v) is 10.4. The summed E-state index contributed by atoms with van der Waals surface area (Å²) >= 11 is 4.45. The van der Waals surface area contributed by atoms with E-state index in [-0.39, 0.29) is 22.3 Å². The second-order valence-electron chi connectivity index (χ2n) is 6.52. The minimum atomic E-state index is -0.367. The van der Waals surface area contributed by atoms with Crippen LogP contribution in [0.15, 0.2) is 68.8 Å². The highest BCUT2D eigenvalue weighted by molar-refractivity contribution is 9.10. The van der Waals surface area contributed by atoms with Crippen molar-refractivity contribution in [1.29, 1.82) is 5.41 Å². The van der Waals surface area contributed by atoms with E-state index in [1.165, 1.54) is 9.58 Å². The van der Waals surface area contributed by atoms with Crippen LogP contribution in [-0.4, -0.2) is 20.4 Å². The molecule has 0 aliphatic carbocycles. The van der Waals surface area contributed by atoms with Gasteiger partial charge < -0.3 is 0 Å². The summed E-state index contributed by atoms with van der Waals surface area (Å²) in [6.07, 6.45) is 1.74. The van der Waals surface area contributed by atoms with Crippen LogP contribution in [0.2, 0.25) is 0 Å². The second-order valence-corrected chi connectivity index (χ2v) is 8.46. The lowest BCUT2D eigenvalue weighted by molar-refractivity contribution is -0.113. The van der Waals surface area contributed by atoms with Gasteiger partial charge in [-0.3, -0.25) is 19.7 Å². The van der Waals surface area contributed by atoms with Gasteiger partial charge in [0.2, 0.25) is 0 Å². The Hall–Kier alpha value is -2.84. The average Bonchev–Trinajstić information content (AvgIpc) is 3.10. The van der Waals surface area contributed by atoms with Gasteiger partial charge in [0.15, 0.2) is 5.17 Å². The molecule has 29 heavy (non-hydrogen) atoms. The highest BCUT2D eigenvalue weighted by Crippen LogP contribution is 2.35. The summed E-state index contributed by atoms with van der Waals surface area (Å²) in [7, 11) is 1.77. The topological polar surface area (TPSA) is 71.1 Å². The maximum absolute atomic E-state index is 13.2. The van der Waals surface area contributed by atoms with Gasteiger partial charge in [-0.05, 0) is 54.6 Å². The summed E-state index contributed by atoms with van der Waals surface area (Å²) in [6.45, 7) is 1.78. The first-order valence-electron chi connectivity index (χ1n) is 8.80. The SMILES string of the molecule is Cc1c(N2C(=N)S/C(=C\c3ccc(Br)cc3)C2=O)c(=O)n(-c2ccccc2)n1C. The minimum absolute atomic E-state index is 0.0179. The number of nitrogens with zero attached hydrogens (tertiary/aromatic N) is 3. The van der Waals surface area contributed by atoms with Crippen molar-refractivity contribution in [2.75, 3.05) is 4.90 Å². The Bertz CT molecular complexity index is 1210. The molecule has 0 spiro atoms. The van der Waals surface area contributed by atoms with E-state index >= 15 is 0 Å². The largest absolute Gasteiger partial charge is 0.296 e. The molecule has 4 rings (SSSR count). The third-order valence-corrected chi connectivity index (χ3v) is 6.16. The zero-order valence-corrected chi connectivity index (χ0v) is 18.1. The number of thioether (sulfide) groups is 1. The first-order chi connectivity index (χ1) is 13.9. The molecule has 1 aliphatic rings. The van der Waals surface area contributed by atoms with Gasteiger partial charge in [0.1, 0.15) is 5.69 Å². The number of carbonyl (C=O) groups excluding carboxylic acids is 1. The highest BCUT2D eigenvalue weighted by Gasteiger charge is 2.37. The molecular formula is C21H17BrN4O2S. The van der Waals surface area contributed by atoms with Gasteiger partial charge in [0.25, 0.3) is 11.5 Å². The Balaban J connectivity index is 1.78. The number of anilines is 1. The van der Waals surface area contributed by atoms with E-state index in [1.54, 1.807) is 24.7 Å². The normalized spacial score (nSPS) is 15.6. The predicted octanol–water partition coefficient (Wildman–Crippen LogP) is 4.30. The van der Waals surface area contributed by atoms with Crippen LogP contribution in [0, 0.1) is 12.3 Å². The molecule has 146 valence electrons. The van der Waals surface area contributed by atoms with Crippen molar-refractivity contribution >= 4 is 50.5 Å². The first kappa shape index (κ1) is 19.5. The summed E-state index contributed by atoms with van der Waals surface area (Å²) < 4.78 is 4.15. The van der Waals surface area contributed by atoms with Crippen molar-refractivity contribution in [3.8, 4) is 5.69 Å². The number of carbonyl (C=O) groups is 1. The van der Waals surface area contributed by atoms with Gasteiger partial charge in [0.05, 0.1) is 16.3 Å². The maximum atomic E-state index is 13.2. The van der Waals surface area contributed by atoms with Gasteiger partial charge in [-0.2, -0.15) is 0 Å². The zero-order valence-electron chi connectivity index (χ0n) is 15.7. The molecule has 1 aliphatic heterocycles. The summed E-state index contributed by atoms with van der Waals surface area (Å²) in [5.41, 5.74) is 2.04. The van der Waals surface area contributed by atoms with Gasteiger partial charge >= 0.3 is 0 Å². The molecule has 6 nitrogen and oxygen atoms in total. The molecule has 8 heteroatoms. The molecule has 0 atom stereocenters. The maximum Gasteiger partial charge on any atom is 0.296 e. The third-order valence-electron chi connectivity index (χ3n) is 4.74. The minimum Gasteiger partial charge on any atom is -0.283 e. The van der Waals surface area contributed by atoms with Gasteiger partial charge in [0, 0.05) is 11.5 Å². The Kier molecular flexibility index (Phi) is 5.06.